The van der Waals surface area contributed by atoms with Crippen molar-refractivity contribution in [1.29, 1.82) is 0 Å². The molecule has 0 unspecified atom stereocenters. The zero-order chi connectivity index (χ0) is 14.3. The van der Waals surface area contributed by atoms with Crippen molar-refractivity contribution >= 4 is 23.5 Å². The Labute approximate surface area is 115 Å². The largest absolute Gasteiger partial charge is 0.480 e. The average Bonchev–Trinajstić information content (AvgIpc) is 3.01. The molecule has 2 aliphatic heterocycles. The van der Waals surface area contributed by atoms with E-state index in [0.717, 1.165) is 5.56 Å². The van der Waals surface area contributed by atoms with E-state index in [1.54, 1.807) is 12.1 Å². The molecule has 0 radical (unpaired) electrons. The molecular weight excluding hydrogens is 260 g/mol. The van der Waals surface area contributed by atoms with Crippen LogP contribution in [0.15, 0.2) is 24.3 Å². The van der Waals surface area contributed by atoms with Gasteiger partial charge in [-0.05, 0) is 18.1 Å². The van der Waals surface area contributed by atoms with Crippen molar-refractivity contribution in [3.8, 4) is 0 Å². The second kappa shape index (κ2) is 4.63. The molecule has 20 heavy (non-hydrogen) atoms. The Morgan fingerprint density at radius 3 is 2.70 bits per heavy atom. The summed E-state index contributed by atoms with van der Waals surface area (Å²) in [6.45, 7) is 0. The van der Waals surface area contributed by atoms with Gasteiger partial charge in [0.1, 0.15) is 12.1 Å². The summed E-state index contributed by atoms with van der Waals surface area (Å²) in [5, 5.41) is 11.9. The quantitative estimate of drug-likeness (QED) is 0.812. The van der Waals surface area contributed by atoms with Gasteiger partial charge in [0.05, 0.1) is 0 Å². The Balaban J connectivity index is 1.94. The van der Waals surface area contributed by atoms with Crippen LogP contribution in [0.3, 0.4) is 0 Å². The molecule has 2 atom stereocenters. The third-order valence-corrected chi connectivity index (χ3v) is 3.79. The van der Waals surface area contributed by atoms with Gasteiger partial charge in [0.25, 0.3) is 0 Å². The summed E-state index contributed by atoms with van der Waals surface area (Å²) in [7, 11) is 0. The molecule has 1 saturated heterocycles. The number of aliphatic carboxylic acids is 1. The van der Waals surface area contributed by atoms with Crippen molar-refractivity contribution in [2.24, 2.45) is 0 Å². The number of carboxylic acids is 1. The van der Waals surface area contributed by atoms with Crippen LogP contribution in [0.4, 0.5) is 5.69 Å². The minimum Gasteiger partial charge on any atom is -0.480 e. The third kappa shape index (κ3) is 1.93. The predicted molar refractivity (Wildman–Crippen MR) is 70.2 cm³/mol. The lowest BCUT2D eigenvalue weighted by molar-refractivity contribution is -0.140. The third-order valence-electron chi connectivity index (χ3n) is 3.79. The van der Waals surface area contributed by atoms with Crippen molar-refractivity contribution in [1.82, 2.24) is 5.32 Å². The normalized spacial score (nSPS) is 24.4. The fourth-order valence-electron chi connectivity index (χ4n) is 2.82. The van der Waals surface area contributed by atoms with Gasteiger partial charge in [0, 0.05) is 18.5 Å². The summed E-state index contributed by atoms with van der Waals surface area (Å²) >= 11 is 0. The molecule has 3 rings (SSSR count). The number of hydrogen-bond acceptors (Lipinski definition) is 3. The summed E-state index contributed by atoms with van der Waals surface area (Å²) in [6.07, 6.45) is 1.03. The van der Waals surface area contributed by atoms with Crippen LogP contribution in [0.2, 0.25) is 0 Å². The maximum Gasteiger partial charge on any atom is 0.327 e. The smallest absolute Gasteiger partial charge is 0.327 e. The average molecular weight is 274 g/mol. The summed E-state index contributed by atoms with van der Waals surface area (Å²) in [6, 6.07) is 5.66. The van der Waals surface area contributed by atoms with Crippen LogP contribution in [0.1, 0.15) is 18.4 Å². The highest BCUT2D eigenvalue weighted by Crippen LogP contribution is 2.33. The fourth-order valence-corrected chi connectivity index (χ4v) is 2.82. The molecule has 2 amide bonds. The second-order valence-corrected chi connectivity index (χ2v) is 5.05. The van der Waals surface area contributed by atoms with Gasteiger partial charge < -0.3 is 10.4 Å². The van der Waals surface area contributed by atoms with Crippen LogP contribution in [0.25, 0.3) is 0 Å². The summed E-state index contributed by atoms with van der Waals surface area (Å²) < 4.78 is 0. The van der Waals surface area contributed by atoms with E-state index < -0.39 is 18.1 Å². The molecule has 2 N–H and O–H groups in total. The molecule has 0 bridgehead atoms. The van der Waals surface area contributed by atoms with E-state index >= 15 is 0 Å². The number of nitrogens with one attached hydrogen (secondary N) is 1. The maximum atomic E-state index is 12.5. The van der Waals surface area contributed by atoms with Crippen molar-refractivity contribution in [3.63, 3.8) is 0 Å². The van der Waals surface area contributed by atoms with E-state index in [4.69, 9.17) is 0 Å². The molecule has 6 heteroatoms. The van der Waals surface area contributed by atoms with Gasteiger partial charge in [0.15, 0.2) is 0 Å². The van der Waals surface area contributed by atoms with Crippen molar-refractivity contribution in [2.45, 2.75) is 31.3 Å². The number of anilines is 1. The first kappa shape index (κ1) is 12.7. The Hall–Kier alpha value is -2.37. The number of para-hydroxylation sites is 1. The van der Waals surface area contributed by atoms with Crippen LogP contribution in [0.5, 0.6) is 0 Å². The van der Waals surface area contributed by atoms with E-state index in [9.17, 15) is 19.5 Å². The van der Waals surface area contributed by atoms with Gasteiger partial charge in [-0.15, -0.1) is 0 Å². The number of fused-ring (bicyclic) bond motifs is 1. The minimum atomic E-state index is -1.03. The van der Waals surface area contributed by atoms with E-state index in [0.29, 0.717) is 24.9 Å². The molecule has 0 spiro atoms. The SMILES string of the molecule is O=C1CC[C@@H](C(=O)N2c3ccccc3C[C@H]2C(=O)O)N1. The summed E-state index contributed by atoms with van der Waals surface area (Å²) in [4.78, 5) is 36.5. The number of amides is 2. The molecule has 0 saturated carbocycles. The number of carboxylic acid groups (broad SMARTS) is 1. The highest BCUT2D eigenvalue weighted by molar-refractivity contribution is 6.06. The summed E-state index contributed by atoms with van der Waals surface area (Å²) in [5.41, 5.74) is 1.48. The topological polar surface area (TPSA) is 86.7 Å². The lowest BCUT2D eigenvalue weighted by atomic mass is 10.1. The van der Waals surface area contributed by atoms with Gasteiger partial charge >= 0.3 is 5.97 Å². The van der Waals surface area contributed by atoms with E-state index in [1.807, 2.05) is 12.1 Å². The molecule has 1 aromatic carbocycles. The second-order valence-electron chi connectivity index (χ2n) is 5.05. The van der Waals surface area contributed by atoms with Crippen molar-refractivity contribution in [3.05, 3.63) is 29.8 Å². The molecule has 0 aromatic heterocycles. The van der Waals surface area contributed by atoms with E-state index in [2.05, 4.69) is 5.32 Å². The van der Waals surface area contributed by atoms with Crippen LogP contribution >= 0.6 is 0 Å². The molecule has 1 fully saturated rings. The van der Waals surface area contributed by atoms with Crippen LogP contribution < -0.4 is 10.2 Å². The Kier molecular flexibility index (Phi) is 2.93. The first-order valence-electron chi connectivity index (χ1n) is 6.51. The van der Waals surface area contributed by atoms with Gasteiger partial charge in [-0.3, -0.25) is 14.5 Å². The Morgan fingerprint density at radius 2 is 2.05 bits per heavy atom. The molecule has 104 valence electrons. The number of rotatable bonds is 2. The molecule has 2 aliphatic rings. The van der Waals surface area contributed by atoms with Gasteiger partial charge in [-0.1, -0.05) is 18.2 Å². The van der Waals surface area contributed by atoms with Crippen molar-refractivity contribution in [2.75, 3.05) is 4.90 Å². The Bertz CT molecular complexity index is 599. The van der Waals surface area contributed by atoms with Gasteiger partial charge in [-0.2, -0.15) is 0 Å². The van der Waals surface area contributed by atoms with Crippen molar-refractivity contribution < 1.29 is 19.5 Å². The first-order valence-corrected chi connectivity index (χ1v) is 6.51. The lowest BCUT2D eigenvalue weighted by Gasteiger charge is -2.25. The highest BCUT2D eigenvalue weighted by atomic mass is 16.4. The fraction of sp³-hybridized carbons (Fsp3) is 0.357. The van der Waals surface area contributed by atoms with Crippen LogP contribution in [-0.2, 0) is 20.8 Å². The van der Waals surface area contributed by atoms with Gasteiger partial charge in [-0.25, -0.2) is 4.79 Å². The maximum absolute atomic E-state index is 12.5. The standard InChI is InChI=1S/C14H14N2O4/c17-12-6-5-9(15-12)13(18)16-10-4-2-1-3-8(10)7-11(16)14(19)20/h1-4,9,11H,5-7H2,(H,15,17)(H,19,20)/t9-,11-/m0/s1. The monoisotopic (exact) mass is 274 g/mol. The highest BCUT2D eigenvalue weighted by Gasteiger charge is 2.42. The minimum absolute atomic E-state index is 0.164. The molecule has 2 heterocycles. The number of carbonyl (C=O) groups excluding carboxylic acids is 2. The van der Waals surface area contributed by atoms with Gasteiger partial charge in [0.2, 0.25) is 11.8 Å². The molecule has 6 nitrogen and oxygen atoms in total. The zero-order valence-electron chi connectivity index (χ0n) is 10.7. The number of carbonyl (C=O) groups is 3. The molecule has 0 aliphatic carbocycles. The predicted octanol–water partition coefficient (Wildman–Crippen LogP) is 0.308. The lowest BCUT2D eigenvalue weighted by Crippen LogP contribution is -2.50. The number of hydrogen-bond donors (Lipinski definition) is 2. The van der Waals surface area contributed by atoms with E-state index in [-0.39, 0.29) is 11.8 Å². The molecule has 1 aromatic rings. The Morgan fingerprint density at radius 1 is 1.30 bits per heavy atom. The number of benzene rings is 1. The van der Waals surface area contributed by atoms with Crippen LogP contribution in [-0.4, -0.2) is 35.0 Å². The summed E-state index contributed by atoms with van der Waals surface area (Å²) in [5.74, 6) is -1.53. The zero-order valence-corrected chi connectivity index (χ0v) is 10.7. The first-order chi connectivity index (χ1) is 9.58. The van der Waals surface area contributed by atoms with E-state index in [1.165, 1.54) is 4.90 Å². The number of nitrogens with zero attached hydrogens (tertiary/aromatic N) is 1. The van der Waals surface area contributed by atoms with Crippen LogP contribution in [0, 0.1) is 0 Å². The molecular formula is C14H14N2O4.